The third kappa shape index (κ3) is 2.14. The fourth-order valence-corrected chi connectivity index (χ4v) is 4.55. The molecule has 0 amide bonds. The summed E-state index contributed by atoms with van der Waals surface area (Å²) in [6.07, 6.45) is 2.32. The van der Waals surface area contributed by atoms with Crippen molar-refractivity contribution in [3.63, 3.8) is 0 Å². The van der Waals surface area contributed by atoms with E-state index in [-0.39, 0.29) is 28.7 Å². The van der Waals surface area contributed by atoms with E-state index >= 15 is 0 Å². The van der Waals surface area contributed by atoms with Gasteiger partial charge in [-0.15, -0.1) is 0 Å². The van der Waals surface area contributed by atoms with Crippen LogP contribution in [0.15, 0.2) is 24.0 Å². The van der Waals surface area contributed by atoms with Crippen LogP contribution in [0.2, 0.25) is 0 Å². The topological polar surface area (TPSA) is 72.8 Å². The van der Waals surface area contributed by atoms with E-state index in [0.717, 1.165) is 18.4 Å². The van der Waals surface area contributed by atoms with E-state index in [1.54, 1.807) is 0 Å². The highest BCUT2D eigenvalue weighted by Gasteiger charge is 2.66. The van der Waals surface area contributed by atoms with Gasteiger partial charge in [0.05, 0.1) is 17.8 Å². The maximum Gasteiger partial charge on any atom is 0.335 e. The molecule has 1 aliphatic heterocycles. The molecular formula is C17H22O5. The van der Waals surface area contributed by atoms with Crippen LogP contribution < -0.4 is 0 Å². The Balaban J connectivity index is 2.03. The first-order valence-corrected chi connectivity index (χ1v) is 7.69. The first-order valence-electron chi connectivity index (χ1n) is 7.69. The molecule has 0 radical (unpaired) electrons. The number of aliphatic carboxylic acids is 1. The number of carbonyl (C=O) groups excluding carboxylic acids is 1. The van der Waals surface area contributed by atoms with Gasteiger partial charge in [0.15, 0.2) is 0 Å². The van der Waals surface area contributed by atoms with Crippen molar-refractivity contribution in [3.05, 3.63) is 24.0 Å². The molecule has 5 heteroatoms. The molecule has 3 aliphatic rings. The van der Waals surface area contributed by atoms with Crippen molar-refractivity contribution in [3.8, 4) is 0 Å². The summed E-state index contributed by atoms with van der Waals surface area (Å²) in [7, 11) is 0. The van der Waals surface area contributed by atoms with Crippen LogP contribution in [-0.2, 0) is 19.1 Å². The minimum Gasteiger partial charge on any atom is -0.478 e. The Labute approximate surface area is 130 Å². The second-order valence-electron chi connectivity index (χ2n) is 7.19. The Morgan fingerprint density at radius 3 is 2.68 bits per heavy atom. The number of hydrogen-bond acceptors (Lipinski definition) is 4. The molecule has 0 aromatic carbocycles. The summed E-state index contributed by atoms with van der Waals surface area (Å²) >= 11 is 0. The molecule has 2 aliphatic carbocycles. The summed E-state index contributed by atoms with van der Waals surface area (Å²) in [5.41, 5.74) is 1.30. The van der Waals surface area contributed by atoms with Gasteiger partial charge in [0.1, 0.15) is 0 Å². The molecule has 0 bridgehead atoms. The fourth-order valence-electron chi connectivity index (χ4n) is 4.55. The Bertz CT molecular complexity index is 574. The number of carboxylic acid groups (broad SMARTS) is 1. The molecular weight excluding hydrogens is 284 g/mol. The highest BCUT2D eigenvalue weighted by atomic mass is 16.7. The maximum atomic E-state index is 11.6. The van der Waals surface area contributed by atoms with Crippen LogP contribution in [0.5, 0.6) is 0 Å². The number of esters is 1. The molecule has 0 aromatic rings. The minimum atomic E-state index is -0.965. The van der Waals surface area contributed by atoms with E-state index in [0.29, 0.717) is 5.92 Å². The highest BCUT2D eigenvalue weighted by molar-refractivity contribution is 5.87. The van der Waals surface area contributed by atoms with Gasteiger partial charge in [-0.25, -0.2) is 4.79 Å². The van der Waals surface area contributed by atoms with Gasteiger partial charge in [-0.05, 0) is 30.1 Å². The van der Waals surface area contributed by atoms with E-state index < -0.39 is 18.2 Å². The lowest BCUT2D eigenvalue weighted by Crippen LogP contribution is -2.41. The monoisotopic (exact) mass is 306 g/mol. The summed E-state index contributed by atoms with van der Waals surface area (Å²) < 4.78 is 10.7. The van der Waals surface area contributed by atoms with Crippen LogP contribution in [0.1, 0.15) is 33.6 Å². The molecule has 0 unspecified atom stereocenters. The minimum absolute atomic E-state index is 0.107. The zero-order valence-corrected chi connectivity index (χ0v) is 13.2. The summed E-state index contributed by atoms with van der Waals surface area (Å²) in [6, 6.07) is 0. The van der Waals surface area contributed by atoms with E-state index in [1.165, 1.54) is 13.2 Å². The Morgan fingerprint density at radius 1 is 1.41 bits per heavy atom. The quantitative estimate of drug-likeness (QED) is 0.627. The predicted molar refractivity (Wildman–Crippen MR) is 78.5 cm³/mol. The van der Waals surface area contributed by atoms with Gasteiger partial charge >= 0.3 is 11.9 Å². The van der Waals surface area contributed by atoms with Crippen LogP contribution in [0.3, 0.4) is 0 Å². The van der Waals surface area contributed by atoms with Crippen molar-refractivity contribution in [1.29, 1.82) is 0 Å². The van der Waals surface area contributed by atoms with Crippen molar-refractivity contribution in [2.75, 3.05) is 0 Å². The summed E-state index contributed by atoms with van der Waals surface area (Å²) in [6.45, 7) is 9.82. The molecule has 1 heterocycles. The van der Waals surface area contributed by atoms with Crippen molar-refractivity contribution in [2.45, 2.75) is 39.9 Å². The van der Waals surface area contributed by atoms with Gasteiger partial charge in [-0.1, -0.05) is 26.0 Å². The lowest BCUT2D eigenvalue weighted by Gasteiger charge is -2.37. The van der Waals surface area contributed by atoms with Gasteiger partial charge in [0.2, 0.25) is 6.29 Å². The second-order valence-corrected chi connectivity index (χ2v) is 7.19. The molecule has 2 fully saturated rings. The molecule has 0 saturated heterocycles. The third-order valence-electron chi connectivity index (χ3n) is 5.67. The molecule has 5 nitrogen and oxygen atoms in total. The fraction of sp³-hybridized carbons (Fsp3) is 0.647. The Morgan fingerprint density at radius 2 is 2.09 bits per heavy atom. The highest BCUT2D eigenvalue weighted by Crippen LogP contribution is 2.69. The van der Waals surface area contributed by atoms with E-state index in [1.807, 2.05) is 0 Å². The van der Waals surface area contributed by atoms with Gasteiger partial charge in [0.25, 0.3) is 0 Å². The number of rotatable bonds is 2. The number of fused-ring (bicyclic) bond motifs is 3. The Kier molecular flexibility index (Phi) is 3.34. The normalized spacial score (nSPS) is 38.6. The zero-order chi connectivity index (χ0) is 16.2. The van der Waals surface area contributed by atoms with Crippen LogP contribution >= 0.6 is 0 Å². The molecule has 3 rings (SSSR count). The first-order chi connectivity index (χ1) is 10.2. The van der Waals surface area contributed by atoms with Crippen LogP contribution in [0, 0.1) is 29.1 Å². The molecule has 120 valence electrons. The van der Waals surface area contributed by atoms with Crippen molar-refractivity contribution < 1.29 is 24.2 Å². The van der Waals surface area contributed by atoms with E-state index in [4.69, 9.17) is 9.47 Å². The standard InChI is InChI=1S/C17H22O5/c1-8-5-6-11-14(17(11,3)4)13-10(15(19)20)7-21-16(12(8)13)22-9(2)18/h7,11-14,16H,1,5-6H2,2-4H3,(H,19,20)/t11-,12-,13-,14-,16+/m0/s1. The van der Waals surface area contributed by atoms with Crippen LogP contribution in [-0.4, -0.2) is 23.3 Å². The summed E-state index contributed by atoms with van der Waals surface area (Å²) in [5.74, 6) is -1.13. The number of hydrogen-bond donors (Lipinski definition) is 1. The maximum absolute atomic E-state index is 11.6. The van der Waals surface area contributed by atoms with Gasteiger partial charge < -0.3 is 14.6 Å². The lowest BCUT2D eigenvalue weighted by atomic mass is 9.75. The van der Waals surface area contributed by atoms with Crippen molar-refractivity contribution >= 4 is 11.9 Å². The number of carbonyl (C=O) groups is 2. The Hall–Kier alpha value is -1.78. The van der Waals surface area contributed by atoms with Gasteiger partial charge in [0, 0.05) is 12.8 Å². The van der Waals surface area contributed by atoms with E-state index in [2.05, 4.69) is 20.4 Å². The van der Waals surface area contributed by atoms with Gasteiger partial charge in [-0.3, -0.25) is 4.79 Å². The smallest absolute Gasteiger partial charge is 0.335 e. The van der Waals surface area contributed by atoms with Crippen LogP contribution in [0.4, 0.5) is 0 Å². The van der Waals surface area contributed by atoms with Crippen molar-refractivity contribution in [1.82, 2.24) is 0 Å². The largest absolute Gasteiger partial charge is 0.478 e. The van der Waals surface area contributed by atoms with Crippen molar-refractivity contribution in [2.24, 2.45) is 29.1 Å². The molecule has 2 saturated carbocycles. The average Bonchev–Trinajstić information content (AvgIpc) is 3.00. The number of carboxylic acids is 1. The lowest BCUT2D eigenvalue weighted by molar-refractivity contribution is -0.181. The predicted octanol–water partition coefficient (Wildman–Crippen LogP) is 2.73. The average molecular weight is 306 g/mol. The zero-order valence-electron chi connectivity index (χ0n) is 13.2. The van der Waals surface area contributed by atoms with E-state index in [9.17, 15) is 14.7 Å². The molecule has 0 aromatic heterocycles. The first kappa shape index (κ1) is 15.1. The SMILES string of the molecule is C=C1CC[C@H]2[C@@H]([C@H]3C(C(=O)O)=CO[C@H](OC(C)=O)[C@@H]13)C2(C)C. The number of ether oxygens (including phenoxy) is 2. The van der Waals surface area contributed by atoms with Gasteiger partial charge in [-0.2, -0.15) is 0 Å². The summed E-state index contributed by atoms with van der Waals surface area (Å²) in [4.78, 5) is 23.0. The molecule has 1 N–H and O–H groups in total. The molecule has 0 spiro atoms. The second kappa shape index (κ2) is 4.86. The van der Waals surface area contributed by atoms with Crippen LogP contribution in [0.25, 0.3) is 0 Å². The summed E-state index contributed by atoms with van der Waals surface area (Å²) in [5, 5.41) is 9.54. The molecule has 22 heavy (non-hydrogen) atoms. The third-order valence-corrected chi connectivity index (χ3v) is 5.67. The molecule has 5 atom stereocenters.